The lowest BCUT2D eigenvalue weighted by Crippen LogP contribution is -2.41. The highest BCUT2D eigenvalue weighted by molar-refractivity contribution is 7.88. The van der Waals surface area contributed by atoms with E-state index in [4.69, 9.17) is 23.2 Å². The maximum atomic E-state index is 12.8. The van der Waals surface area contributed by atoms with E-state index in [1.165, 1.54) is 10.4 Å². The number of amides is 1. The summed E-state index contributed by atoms with van der Waals surface area (Å²) in [5, 5.41) is 5.94. The van der Waals surface area contributed by atoms with Crippen LogP contribution in [0.5, 0.6) is 0 Å². The summed E-state index contributed by atoms with van der Waals surface area (Å²) in [7, 11) is -3.53. The molecule has 1 saturated heterocycles. The van der Waals surface area contributed by atoms with E-state index < -0.39 is 10.0 Å². The van der Waals surface area contributed by atoms with Gasteiger partial charge in [-0.05, 0) is 53.4 Å². The molecular formula is C23H22Cl2N2O3S. The van der Waals surface area contributed by atoms with Gasteiger partial charge in [-0.3, -0.25) is 4.79 Å². The highest BCUT2D eigenvalue weighted by Crippen LogP contribution is 2.27. The standard InChI is InChI=1S/C23H22Cl2N2O3S/c24-20-7-5-19(22(25)14-20)15-31(29,30)27-11-9-17(10-12-27)23(28)26-21-8-6-16-3-1-2-4-18(16)13-21/h1-8,13-14,17H,9-12,15H2,(H,26,28). The lowest BCUT2D eigenvalue weighted by atomic mass is 9.97. The third-order valence-electron chi connectivity index (χ3n) is 5.59. The minimum Gasteiger partial charge on any atom is -0.326 e. The fourth-order valence-corrected chi connectivity index (χ4v) is 5.98. The number of nitrogens with zero attached hydrogens (tertiary/aromatic N) is 1. The molecule has 0 spiro atoms. The summed E-state index contributed by atoms with van der Waals surface area (Å²) in [5.41, 5.74) is 1.26. The number of anilines is 1. The van der Waals surface area contributed by atoms with E-state index in [0.29, 0.717) is 41.5 Å². The molecule has 0 radical (unpaired) electrons. The minimum atomic E-state index is -3.53. The Hall–Kier alpha value is -2.12. The molecular weight excluding hydrogens is 455 g/mol. The molecule has 1 heterocycles. The van der Waals surface area contributed by atoms with E-state index in [1.54, 1.807) is 12.1 Å². The van der Waals surface area contributed by atoms with E-state index in [9.17, 15) is 13.2 Å². The average molecular weight is 477 g/mol. The van der Waals surface area contributed by atoms with Crippen molar-refractivity contribution in [1.82, 2.24) is 4.31 Å². The second-order valence-corrected chi connectivity index (χ2v) is 10.5. The Kier molecular flexibility index (Phi) is 6.53. The lowest BCUT2D eigenvalue weighted by Gasteiger charge is -2.30. The number of hydrogen-bond donors (Lipinski definition) is 1. The van der Waals surface area contributed by atoms with Crippen LogP contribution in [-0.4, -0.2) is 31.7 Å². The molecule has 1 fully saturated rings. The number of sulfonamides is 1. The third-order valence-corrected chi connectivity index (χ3v) is 8.00. The molecule has 0 unspecified atom stereocenters. The molecule has 5 nitrogen and oxygen atoms in total. The first kappa shape index (κ1) is 22.1. The van der Waals surface area contributed by atoms with E-state index in [0.717, 1.165) is 16.5 Å². The van der Waals surface area contributed by atoms with Crippen molar-refractivity contribution in [2.45, 2.75) is 18.6 Å². The van der Waals surface area contributed by atoms with Crippen molar-refractivity contribution in [1.29, 1.82) is 0 Å². The number of nitrogens with one attached hydrogen (secondary N) is 1. The summed E-state index contributed by atoms with van der Waals surface area (Å²) >= 11 is 12.0. The van der Waals surface area contributed by atoms with Crippen LogP contribution in [0, 0.1) is 5.92 Å². The molecule has 3 aromatic rings. The second-order valence-electron chi connectivity index (χ2n) is 7.72. The third kappa shape index (κ3) is 5.21. The largest absolute Gasteiger partial charge is 0.326 e. The molecule has 0 aromatic heterocycles. The van der Waals surface area contributed by atoms with Crippen molar-refractivity contribution in [3.05, 3.63) is 76.3 Å². The Balaban J connectivity index is 1.36. The molecule has 8 heteroatoms. The van der Waals surface area contributed by atoms with Gasteiger partial charge in [0.1, 0.15) is 0 Å². The second kappa shape index (κ2) is 9.17. The van der Waals surface area contributed by atoms with E-state index in [-0.39, 0.29) is 17.6 Å². The SMILES string of the molecule is O=C(Nc1ccc2ccccc2c1)C1CCN(S(=O)(=O)Cc2ccc(Cl)cc2Cl)CC1. The van der Waals surface area contributed by atoms with Crippen LogP contribution in [0.15, 0.2) is 60.7 Å². The molecule has 0 bridgehead atoms. The molecule has 1 N–H and O–H groups in total. The molecule has 1 aliphatic rings. The van der Waals surface area contributed by atoms with Gasteiger partial charge in [-0.1, -0.05) is 59.6 Å². The number of carbonyl (C=O) groups excluding carboxylic acids is 1. The van der Waals surface area contributed by atoms with Gasteiger partial charge in [-0.15, -0.1) is 0 Å². The van der Waals surface area contributed by atoms with Gasteiger partial charge in [0, 0.05) is 34.7 Å². The minimum absolute atomic E-state index is 0.0759. The summed E-state index contributed by atoms with van der Waals surface area (Å²) in [6, 6.07) is 18.6. The fraction of sp³-hybridized carbons (Fsp3) is 0.261. The van der Waals surface area contributed by atoms with Gasteiger partial charge in [-0.2, -0.15) is 0 Å². The zero-order chi connectivity index (χ0) is 22.0. The van der Waals surface area contributed by atoms with E-state index in [1.807, 2.05) is 42.5 Å². The Morgan fingerprint density at radius 3 is 2.39 bits per heavy atom. The Labute approximate surface area is 192 Å². The van der Waals surface area contributed by atoms with Gasteiger partial charge >= 0.3 is 0 Å². The van der Waals surface area contributed by atoms with Crippen molar-refractivity contribution in [3.63, 3.8) is 0 Å². The molecule has 1 amide bonds. The number of piperidine rings is 1. The van der Waals surface area contributed by atoms with Crippen molar-refractivity contribution in [2.24, 2.45) is 5.92 Å². The van der Waals surface area contributed by atoms with Crippen molar-refractivity contribution in [2.75, 3.05) is 18.4 Å². The lowest BCUT2D eigenvalue weighted by molar-refractivity contribution is -0.120. The first-order chi connectivity index (χ1) is 14.8. The molecule has 4 rings (SSSR count). The van der Waals surface area contributed by atoms with Gasteiger partial charge in [0.15, 0.2) is 0 Å². The number of halogens is 2. The normalized spacial score (nSPS) is 15.8. The number of benzene rings is 3. The first-order valence-electron chi connectivity index (χ1n) is 10.0. The van der Waals surface area contributed by atoms with Crippen LogP contribution in [0.2, 0.25) is 10.0 Å². The zero-order valence-corrected chi connectivity index (χ0v) is 19.1. The Morgan fingerprint density at radius 2 is 1.68 bits per heavy atom. The molecule has 162 valence electrons. The molecule has 0 atom stereocenters. The van der Waals surface area contributed by atoms with Gasteiger partial charge in [0.25, 0.3) is 0 Å². The average Bonchev–Trinajstić information content (AvgIpc) is 2.76. The van der Waals surface area contributed by atoms with Crippen LogP contribution >= 0.6 is 23.2 Å². The monoisotopic (exact) mass is 476 g/mol. The summed E-state index contributed by atoms with van der Waals surface area (Å²) in [4.78, 5) is 12.7. The fourth-order valence-electron chi connectivity index (χ4n) is 3.83. The summed E-state index contributed by atoms with van der Waals surface area (Å²) in [6.07, 6.45) is 0.958. The van der Waals surface area contributed by atoms with Crippen molar-refractivity contribution >= 4 is 55.6 Å². The van der Waals surface area contributed by atoms with Crippen molar-refractivity contribution in [3.8, 4) is 0 Å². The van der Waals surface area contributed by atoms with Gasteiger partial charge < -0.3 is 5.32 Å². The van der Waals surface area contributed by atoms with E-state index >= 15 is 0 Å². The summed E-state index contributed by atoms with van der Waals surface area (Å²) in [6.45, 7) is 0.618. The smallest absolute Gasteiger partial charge is 0.227 e. The van der Waals surface area contributed by atoms with Crippen LogP contribution in [0.4, 0.5) is 5.69 Å². The number of fused-ring (bicyclic) bond motifs is 1. The maximum absolute atomic E-state index is 12.8. The highest BCUT2D eigenvalue weighted by atomic mass is 35.5. The van der Waals surface area contributed by atoms with Crippen molar-refractivity contribution < 1.29 is 13.2 Å². The van der Waals surface area contributed by atoms with Gasteiger partial charge in [0.2, 0.25) is 15.9 Å². The van der Waals surface area contributed by atoms with Crippen LogP contribution in [0.1, 0.15) is 18.4 Å². The van der Waals surface area contributed by atoms with Crippen LogP contribution in [0.25, 0.3) is 10.8 Å². The van der Waals surface area contributed by atoms with Crippen LogP contribution < -0.4 is 5.32 Å². The summed E-state index contributed by atoms with van der Waals surface area (Å²) in [5.74, 6) is -0.484. The van der Waals surface area contributed by atoms with E-state index in [2.05, 4.69) is 5.32 Å². The molecule has 1 aliphatic heterocycles. The van der Waals surface area contributed by atoms with Crippen LogP contribution in [0.3, 0.4) is 0 Å². The van der Waals surface area contributed by atoms with Gasteiger partial charge in [0.05, 0.1) is 5.75 Å². The number of carbonyl (C=O) groups is 1. The van der Waals surface area contributed by atoms with Gasteiger partial charge in [-0.25, -0.2) is 12.7 Å². The molecule has 3 aromatic carbocycles. The molecule has 0 aliphatic carbocycles. The summed E-state index contributed by atoms with van der Waals surface area (Å²) < 4.78 is 27.1. The Morgan fingerprint density at radius 1 is 0.968 bits per heavy atom. The highest BCUT2D eigenvalue weighted by Gasteiger charge is 2.31. The predicted octanol–water partition coefficient (Wildman–Crippen LogP) is 5.33. The maximum Gasteiger partial charge on any atom is 0.227 e. The quantitative estimate of drug-likeness (QED) is 0.541. The number of hydrogen-bond acceptors (Lipinski definition) is 3. The predicted molar refractivity (Wildman–Crippen MR) is 126 cm³/mol. The Bertz CT molecular complexity index is 1220. The number of rotatable bonds is 5. The topological polar surface area (TPSA) is 66.5 Å². The molecule has 0 saturated carbocycles. The first-order valence-corrected chi connectivity index (χ1v) is 12.4. The molecule has 31 heavy (non-hydrogen) atoms. The zero-order valence-electron chi connectivity index (χ0n) is 16.7. The van der Waals surface area contributed by atoms with Crippen LogP contribution in [-0.2, 0) is 20.6 Å².